The van der Waals surface area contributed by atoms with Crippen molar-refractivity contribution in [1.82, 2.24) is 0 Å². The van der Waals surface area contributed by atoms with Crippen molar-refractivity contribution in [3.63, 3.8) is 0 Å². The molecule has 5 nitrogen and oxygen atoms in total. The van der Waals surface area contributed by atoms with Gasteiger partial charge in [-0.1, -0.05) is 6.42 Å². The summed E-state index contributed by atoms with van der Waals surface area (Å²) >= 11 is 0. The number of hydrogen-bond donors (Lipinski definition) is 0. The molecule has 1 aromatic rings. The molecule has 5 heteroatoms. The first-order valence-electron chi connectivity index (χ1n) is 5.57. The van der Waals surface area contributed by atoms with E-state index in [0.717, 1.165) is 12.8 Å². The topological polar surface area (TPSA) is 69.4 Å². The van der Waals surface area contributed by atoms with E-state index in [9.17, 15) is 14.9 Å². The molecule has 0 aromatic heterocycles. The molecule has 1 saturated carbocycles. The first-order valence-corrected chi connectivity index (χ1v) is 5.57. The summed E-state index contributed by atoms with van der Waals surface area (Å²) in [5, 5.41) is 10.6. The second-order valence-electron chi connectivity index (χ2n) is 4.21. The molecule has 0 N–H and O–H groups in total. The zero-order chi connectivity index (χ0) is 12.3. The highest BCUT2D eigenvalue weighted by atomic mass is 16.6. The number of nitro groups is 1. The van der Waals surface area contributed by atoms with Crippen LogP contribution in [0.1, 0.15) is 29.6 Å². The van der Waals surface area contributed by atoms with Crippen LogP contribution in [-0.4, -0.2) is 17.8 Å². The summed E-state index contributed by atoms with van der Waals surface area (Å²) < 4.78 is 5.51. The molecular formula is C12H13NO4. The molecule has 0 spiro atoms. The lowest BCUT2D eigenvalue weighted by Gasteiger charge is -2.25. The van der Waals surface area contributed by atoms with Gasteiger partial charge >= 0.3 is 0 Å². The quantitative estimate of drug-likeness (QED) is 0.447. The highest BCUT2D eigenvalue weighted by molar-refractivity contribution is 5.80. The molecular weight excluding hydrogens is 222 g/mol. The Morgan fingerprint density at radius 1 is 1.47 bits per heavy atom. The van der Waals surface area contributed by atoms with Crippen LogP contribution in [0.4, 0.5) is 5.69 Å². The lowest BCUT2D eigenvalue weighted by atomic mass is 9.86. The van der Waals surface area contributed by atoms with E-state index in [1.54, 1.807) is 0 Å². The van der Waals surface area contributed by atoms with E-state index < -0.39 is 4.92 Å². The van der Waals surface area contributed by atoms with Gasteiger partial charge in [0.05, 0.1) is 17.1 Å². The fraction of sp³-hybridized carbons (Fsp3) is 0.417. The zero-order valence-electron chi connectivity index (χ0n) is 9.30. The predicted octanol–water partition coefficient (Wildman–Crippen LogP) is 2.59. The maximum absolute atomic E-state index is 10.8. The molecule has 0 radical (unpaired) electrons. The lowest BCUT2D eigenvalue weighted by molar-refractivity contribution is -0.384. The third kappa shape index (κ3) is 2.61. The molecule has 0 saturated heterocycles. The summed E-state index contributed by atoms with van der Waals surface area (Å²) in [6.07, 6.45) is 4.13. The van der Waals surface area contributed by atoms with E-state index in [1.807, 2.05) is 0 Å². The third-order valence-corrected chi connectivity index (χ3v) is 3.03. The fourth-order valence-corrected chi connectivity index (χ4v) is 1.74. The molecule has 90 valence electrons. The largest absolute Gasteiger partial charge is 0.493 e. The van der Waals surface area contributed by atoms with Gasteiger partial charge in [-0.05, 0) is 24.8 Å². The minimum absolute atomic E-state index is 0.0944. The molecule has 0 amide bonds. The van der Waals surface area contributed by atoms with Crippen molar-refractivity contribution in [3.05, 3.63) is 33.9 Å². The summed E-state index contributed by atoms with van der Waals surface area (Å²) in [4.78, 5) is 20.9. The standard InChI is InChI=1S/C12H13NO4/c14-7-10-6-11(13(15)16)4-5-12(10)17-8-9-2-1-3-9/h4-7,9H,1-3,8H2. The van der Waals surface area contributed by atoms with E-state index in [0.29, 0.717) is 24.6 Å². The Balaban J connectivity index is 2.09. The van der Waals surface area contributed by atoms with Gasteiger partial charge in [0.2, 0.25) is 0 Å². The average molecular weight is 235 g/mol. The van der Waals surface area contributed by atoms with Crippen molar-refractivity contribution >= 4 is 12.0 Å². The van der Waals surface area contributed by atoms with Gasteiger partial charge in [0.25, 0.3) is 5.69 Å². The first-order chi connectivity index (χ1) is 8.20. The Labute approximate surface area is 98.5 Å². The fourth-order valence-electron chi connectivity index (χ4n) is 1.74. The molecule has 0 bridgehead atoms. The molecule has 0 atom stereocenters. The highest BCUT2D eigenvalue weighted by Gasteiger charge is 2.19. The smallest absolute Gasteiger partial charge is 0.270 e. The maximum Gasteiger partial charge on any atom is 0.270 e. The zero-order valence-corrected chi connectivity index (χ0v) is 9.30. The number of nitro benzene ring substituents is 1. The van der Waals surface area contributed by atoms with Gasteiger partial charge in [0.15, 0.2) is 6.29 Å². The molecule has 17 heavy (non-hydrogen) atoms. The van der Waals surface area contributed by atoms with Crippen molar-refractivity contribution in [3.8, 4) is 5.75 Å². The van der Waals surface area contributed by atoms with Crippen molar-refractivity contribution in [2.24, 2.45) is 5.92 Å². The van der Waals surface area contributed by atoms with Gasteiger partial charge in [-0.15, -0.1) is 0 Å². The third-order valence-electron chi connectivity index (χ3n) is 3.03. The van der Waals surface area contributed by atoms with Crippen LogP contribution in [0.5, 0.6) is 5.75 Å². The van der Waals surface area contributed by atoms with Crippen LogP contribution in [0, 0.1) is 16.0 Å². The lowest BCUT2D eigenvalue weighted by Crippen LogP contribution is -2.19. The van der Waals surface area contributed by atoms with E-state index in [2.05, 4.69) is 0 Å². The van der Waals surface area contributed by atoms with Crippen LogP contribution >= 0.6 is 0 Å². The molecule has 0 heterocycles. The Morgan fingerprint density at radius 3 is 2.76 bits per heavy atom. The number of carbonyl (C=O) groups excluding carboxylic acids is 1. The second-order valence-corrected chi connectivity index (χ2v) is 4.21. The number of benzene rings is 1. The van der Waals surface area contributed by atoms with Crippen LogP contribution in [0.2, 0.25) is 0 Å². The number of non-ortho nitro benzene ring substituents is 1. The number of rotatable bonds is 5. The van der Waals surface area contributed by atoms with Gasteiger partial charge in [-0.25, -0.2) is 0 Å². The van der Waals surface area contributed by atoms with E-state index in [-0.39, 0.29) is 11.3 Å². The van der Waals surface area contributed by atoms with E-state index in [4.69, 9.17) is 4.74 Å². The maximum atomic E-state index is 10.8. The Hall–Kier alpha value is -1.91. The normalized spacial score (nSPS) is 15.1. The number of hydrogen-bond acceptors (Lipinski definition) is 4. The number of nitrogens with zero attached hydrogens (tertiary/aromatic N) is 1. The molecule has 1 aromatic carbocycles. The van der Waals surface area contributed by atoms with Gasteiger partial charge in [-0.3, -0.25) is 14.9 Å². The first kappa shape index (κ1) is 11.6. The van der Waals surface area contributed by atoms with Crippen molar-refractivity contribution < 1.29 is 14.5 Å². The Kier molecular flexibility index (Phi) is 3.37. The van der Waals surface area contributed by atoms with E-state index in [1.165, 1.54) is 24.6 Å². The van der Waals surface area contributed by atoms with Gasteiger partial charge in [0.1, 0.15) is 5.75 Å². The predicted molar refractivity (Wildman–Crippen MR) is 61.3 cm³/mol. The van der Waals surface area contributed by atoms with Crippen molar-refractivity contribution in [1.29, 1.82) is 0 Å². The second kappa shape index (κ2) is 4.95. The van der Waals surface area contributed by atoms with Crippen molar-refractivity contribution in [2.75, 3.05) is 6.61 Å². The van der Waals surface area contributed by atoms with Crippen LogP contribution in [0.25, 0.3) is 0 Å². The molecule has 1 aliphatic rings. The number of ether oxygens (including phenoxy) is 1. The summed E-state index contributed by atoms with van der Waals surface area (Å²) in [6.45, 7) is 0.582. The van der Waals surface area contributed by atoms with Crippen LogP contribution < -0.4 is 4.74 Å². The molecule has 1 aliphatic carbocycles. The molecule has 0 unspecified atom stereocenters. The summed E-state index contributed by atoms with van der Waals surface area (Å²) in [6, 6.07) is 4.08. The number of aldehydes is 1. The monoisotopic (exact) mass is 235 g/mol. The van der Waals surface area contributed by atoms with Crippen molar-refractivity contribution in [2.45, 2.75) is 19.3 Å². The summed E-state index contributed by atoms with van der Waals surface area (Å²) in [7, 11) is 0. The van der Waals surface area contributed by atoms with Gasteiger partial charge in [-0.2, -0.15) is 0 Å². The number of carbonyl (C=O) groups is 1. The van der Waals surface area contributed by atoms with Crippen LogP contribution in [-0.2, 0) is 0 Å². The van der Waals surface area contributed by atoms with Crippen LogP contribution in [0.3, 0.4) is 0 Å². The van der Waals surface area contributed by atoms with Crippen LogP contribution in [0.15, 0.2) is 18.2 Å². The Morgan fingerprint density at radius 2 is 2.24 bits per heavy atom. The minimum atomic E-state index is -0.525. The Bertz CT molecular complexity index is 440. The van der Waals surface area contributed by atoms with Gasteiger partial charge < -0.3 is 4.74 Å². The summed E-state index contributed by atoms with van der Waals surface area (Å²) in [5.74, 6) is 0.988. The summed E-state index contributed by atoms with van der Waals surface area (Å²) in [5.41, 5.74) is 0.140. The molecule has 2 rings (SSSR count). The van der Waals surface area contributed by atoms with E-state index >= 15 is 0 Å². The minimum Gasteiger partial charge on any atom is -0.493 e. The average Bonchev–Trinajstić information content (AvgIpc) is 2.27. The molecule has 1 fully saturated rings. The van der Waals surface area contributed by atoms with Gasteiger partial charge in [0, 0.05) is 12.1 Å². The SMILES string of the molecule is O=Cc1cc([N+](=O)[O-])ccc1OCC1CCC1. The molecule has 0 aliphatic heterocycles. The highest BCUT2D eigenvalue weighted by Crippen LogP contribution is 2.28.